The molecule has 1 N–H and O–H groups in total. The summed E-state index contributed by atoms with van der Waals surface area (Å²) in [5.74, 6) is 2.07. The fourth-order valence-electron chi connectivity index (χ4n) is 3.55. The van der Waals surface area contributed by atoms with Gasteiger partial charge in [0.1, 0.15) is 4.83 Å². The molecule has 2 heterocycles. The minimum Gasteiger partial charge on any atom is -0.301 e. The van der Waals surface area contributed by atoms with Crippen molar-refractivity contribution in [2.45, 2.75) is 56.9 Å². The van der Waals surface area contributed by atoms with Gasteiger partial charge in [0, 0.05) is 10.6 Å². The van der Waals surface area contributed by atoms with Gasteiger partial charge in [-0.05, 0) is 47.8 Å². The van der Waals surface area contributed by atoms with Crippen LogP contribution >= 0.6 is 23.1 Å². The molecular weight excluding hydrogens is 360 g/mol. The highest BCUT2D eigenvalue weighted by Crippen LogP contribution is 2.36. The Kier molecular flexibility index (Phi) is 4.93. The normalized spacial score (nSPS) is 17.0. The van der Waals surface area contributed by atoms with Crippen LogP contribution in [0, 0.1) is 5.92 Å². The van der Waals surface area contributed by atoms with Crippen molar-refractivity contribution >= 4 is 33.3 Å². The number of aryl methyl sites for hydroxylation is 1. The largest absolute Gasteiger partial charge is 0.301 e. The van der Waals surface area contributed by atoms with E-state index in [1.807, 2.05) is 0 Å². The monoisotopic (exact) mass is 384 g/mol. The van der Waals surface area contributed by atoms with E-state index in [9.17, 15) is 4.79 Å². The first kappa shape index (κ1) is 17.8. The van der Waals surface area contributed by atoms with Crippen molar-refractivity contribution in [3.63, 3.8) is 0 Å². The van der Waals surface area contributed by atoms with Gasteiger partial charge in [0.05, 0.1) is 5.39 Å². The van der Waals surface area contributed by atoms with Crippen molar-refractivity contribution in [3.05, 3.63) is 56.2 Å². The summed E-state index contributed by atoms with van der Waals surface area (Å²) < 4.78 is 0. The van der Waals surface area contributed by atoms with Crippen LogP contribution in [0.1, 0.15) is 54.7 Å². The van der Waals surface area contributed by atoms with Crippen molar-refractivity contribution in [2.24, 2.45) is 5.92 Å². The van der Waals surface area contributed by atoms with Gasteiger partial charge in [-0.25, -0.2) is 4.98 Å². The molecule has 136 valence electrons. The summed E-state index contributed by atoms with van der Waals surface area (Å²) in [4.78, 5) is 22.7. The minimum atomic E-state index is 0.0275. The molecule has 5 heteroatoms. The maximum Gasteiger partial charge on any atom is 0.260 e. The minimum absolute atomic E-state index is 0.0275. The number of aromatic amines is 1. The molecule has 1 unspecified atom stereocenters. The van der Waals surface area contributed by atoms with E-state index >= 15 is 0 Å². The van der Waals surface area contributed by atoms with Crippen LogP contribution in [0.4, 0.5) is 0 Å². The number of nitrogens with one attached hydrogen (secondary N) is 1. The number of benzene rings is 1. The number of aromatic nitrogens is 2. The second kappa shape index (κ2) is 7.20. The molecule has 0 aliphatic heterocycles. The second-order valence-corrected chi connectivity index (χ2v) is 9.64. The molecule has 0 fully saturated rings. The zero-order valence-electron chi connectivity index (χ0n) is 15.5. The number of nitrogens with zero attached hydrogens (tertiary/aromatic N) is 1. The lowest BCUT2D eigenvalue weighted by Crippen LogP contribution is -2.13. The third kappa shape index (κ3) is 3.47. The van der Waals surface area contributed by atoms with Crippen LogP contribution in [0.3, 0.4) is 0 Å². The van der Waals surface area contributed by atoms with Gasteiger partial charge in [-0.15, -0.1) is 11.3 Å². The molecule has 3 aromatic rings. The van der Waals surface area contributed by atoms with Crippen LogP contribution in [0.25, 0.3) is 10.2 Å². The molecule has 4 rings (SSSR count). The predicted octanol–water partition coefficient (Wildman–Crippen LogP) is 5.53. The Hall–Kier alpha value is -1.59. The summed E-state index contributed by atoms with van der Waals surface area (Å²) >= 11 is 3.32. The second-order valence-electron chi connectivity index (χ2n) is 7.59. The summed E-state index contributed by atoms with van der Waals surface area (Å²) in [6.45, 7) is 6.70. The molecule has 3 nitrogen and oxygen atoms in total. The molecule has 0 saturated carbocycles. The number of fused-ring (bicyclic) bond motifs is 3. The molecule has 1 atom stereocenters. The zero-order valence-corrected chi connectivity index (χ0v) is 17.1. The van der Waals surface area contributed by atoms with Gasteiger partial charge in [-0.3, -0.25) is 4.79 Å². The SMILES string of the molecule is CC1CCc2c(sc3nc(SCc4ccc(C(C)C)cc4)[nH]c(=O)c23)C1. The quantitative estimate of drug-likeness (QED) is 0.475. The molecule has 1 aromatic carbocycles. The van der Waals surface area contributed by atoms with Gasteiger partial charge < -0.3 is 4.98 Å². The lowest BCUT2D eigenvalue weighted by molar-refractivity contribution is 0.509. The van der Waals surface area contributed by atoms with Gasteiger partial charge in [-0.1, -0.05) is 56.8 Å². The van der Waals surface area contributed by atoms with Crippen molar-refractivity contribution in [3.8, 4) is 0 Å². The Balaban J connectivity index is 1.57. The molecule has 0 radical (unpaired) electrons. The molecule has 0 bridgehead atoms. The lowest BCUT2D eigenvalue weighted by Gasteiger charge is -2.17. The molecule has 1 aliphatic rings. The van der Waals surface area contributed by atoms with E-state index in [2.05, 4.69) is 50.0 Å². The zero-order chi connectivity index (χ0) is 18.3. The number of hydrogen-bond donors (Lipinski definition) is 1. The molecule has 0 saturated heterocycles. The summed E-state index contributed by atoms with van der Waals surface area (Å²) in [6, 6.07) is 8.72. The number of hydrogen-bond acceptors (Lipinski definition) is 4. The van der Waals surface area contributed by atoms with E-state index in [1.165, 1.54) is 28.0 Å². The van der Waals surface area contributed by atoms with Crippen molar-refractivity contribution in [1.29, 1.82) is 0 Å². The molecular formula is C21H24N2OS2. The van der Waals surface area contributed by atoms with Crippen molar-refractivity contribution < 1.29 is 0 Å². The third-order valence-electron chi connectivity index (χ3n) is 5.17. The van der Waals surface area contributed by atoms with E-state index in [0.29, 0.717) is 11.8 Å². The molecule has 2 aromatic heterocycles. The first-order valence-corrected chi connectivity index (χ1v) is 11.1. The van der Waals surface area contributed by atoms with E-state index in [-0.39, 0.29) is 5.56 Å². The molecule has 1 aliphatic carbocycles. The number of thioether (sulfide) groups is 1. The lowest BCUT2D eigenvalue weighted by atomic mass is 9.89. The van der Waals surface area contributed by atoms with E-state index in [4.69, 9.17) is 4.98 Å². The third-order valence-corrected chi connectivity index (χ3v) is 7.26. The molecule has 0 spiro atoms. The summed E-state index contributed by atoms with van der Waals surface area (Å²) in [5.41, 5.74) is 3.88. The molecule has 0 amide bonds. The Labute approximate surface area is 162 Å². The van der Waals surface area contributed by atoms with Crippen LogP contribution < -0.4 is 5.56 Å². The maximum atomic E-state index is 12.6. The predicted molar refractivity (Wildman–Crippen MR) is 112 cm³/mol. The Morgan fingerprint density at radius 2 is 2.08 bits per heavy atom. The highest BCUT2D eigenvalue weighted by molar-refractivity contribution is 7.98. The average Bonchev–Trinajstić information content (AvgIpc) is 2.98. The first-order valence-electron chi connectivity index (χ1n) is 9.27. The van der Waals surface area contributed by atoms with Crippen LogP contribution in [-0.2, 0) is 18.6 Å². The number of H-pyrrole nitrogens is 1. The first-order chi connectivity index (χ1) is 12.5. The standard InChI is InChI=1S/C21H24N2OS2/c1-12(2)15-7-5-14(6-8-15)11-25-21-22-19(24)18-16-9-4-13(3)10-17(16)26-20(18)23-21/h5-8,12-13H,4,9-11H2,1-3H3,(H,22,23,24). The fraction of sp³-hybridized carbons (Fsp3) is 0.429. The van der Waals surface area contributed by atoms with Gasteiger partial charge in [0.15, 0.2) is 5.16 Å². The van der Waals surface area contributed by atoms with Gasteiger partial charge in [-0.2, -0.15) is 0 Å². The average molecular weight is 385 g/mol. The highest BCUT2D eigenvalue weighted by Gasteiger charge is 2.23. The summed E-state index contributed by atoms with van der Waals surface area (Å²) in [6.07, 6.45) is 3.26. The smallest absolute Gasteiger partial charge is 0.260 e. The van der Waals surface area contributed by atoms with E-state index in [1.54, 1.807) is 23.1 Å². The Morgan fingerprint density at radius 1 is 1.31 bits per heavy atom. The number of rotatable bonds is 4. The van der Waals surface area contributed by atoms with Crippen LogP contribution in [0.15, 0.2) is 34.2 Å². The summed E-state index contributed by atoms with van der Waals surface area (Å²) in [5, 5.41) is 1.56. The summed E-state index contributed by atoms with van der Waals surface area (Å²) in [7, 11) is 0. The topological polar surface area (TPSA) is 45.8 Å². The van der Waals surface area contributed by atoms with Crippen LogP contribution in [-0.4, -0.2) is 9.97 Å². The van der Waals surface area contributed by atoms with Crippen molar-refractivity contribution in [1.82, 2.24) is 9.97 Å². The molecule has 26 heavy (non-hydrogen) atoms. The highest BCUT2D eigenvalue weighted by atomic mass is 32.2. The maximum absolute atomic E-state index is 12.6. The van der Waals surface area contributed by atoms with Crippen LogP contribution in [0.5, 0.6) is 0 Å². The van der Waals surface area contributed by atoms with Gasteiger partial charge in [0.25, 0.3) is 5.56 Å². The Morgan fingerprint density at radius 3 is 2.81 bits per heavy atom. The van der Waals surface area contributed by atoms with Gasteiger partial charge >= 0.3 is 0 Å². The fourth-order valence-corrected chi connectivity index (χ4v) is 5.81. The number of thiophene rings is 1. The van der Waals surface area contributed by atoms with Gasteiger partial charge in [0.2, 0.25) is 0 Å². The van der Waals surface area contributed by atoms with E-state index < -0.39 is 0 Å². The Bertz CT molecular complexity index is 986. The van der Waals surface area contributed by atoms with Crippen molar-refractivity contribution in [2.75, 3.05) is 0 Å². The van der Waals surface area contributed by atoms with Crippen LogP contribution in [0.2, 0.25) is 0 Å². The van der Waals surface area contributed by atoms with E-state index in [0.717, 1.165) is 34.0 Å².